The topological polar surface area (TPSA) is 90.6 Å². The van der Waals surface area contributed by atoms with Crippen molar-refractivity contribution in [1.82, 2.24) is 14.8 Å². The maximum atomic E-state index is 12.7. The van der Waals surface area contributed by atoms with Gasteiger partial charge in [-0.2, -0.15) is 9.49 Å². The van der Waals surface area contributed by atoms with Crippen LogP contribution >= 0.6 is 11.6 Å². The molecule has 1 saturated heterocycles. The molecule has 0 bridgehead atoms. The lowest BCUT2D eigenvalue weighted by atomic mass is 9.96. The summed E-state index contributed by atoms with van der Waals surface area (Å²) in [7, 11) is 1.73. The highest BCUT2D eigenvalue weighted by Gasteiger charge is 2.19. The molecule has 8 nitrogen and oxygen atoms in total. The zero-order valence-electron chi connectivity index (χ0n) is 22.7. The number of nitrogens with one attached hydrogen (secondary N) is 1. The molecular formula is C27H41ClFN5O3. The van der Waals surface area contributed by atoms with Crippen LogP contribution in [0.5, 0.6) is 0 Å². The van der Waals surface area contributed by atoms with Crippen LogP contribution in [-0.4, -0.2) is 46.8 Å². The van der Waals surface area contributed by atoms with Gasteiger partial charge in [-0.15, -0.1) is 0 Å². The minimum absolute atomic E-state index is 0.180. The molecule has 2 aromatic rings. The van der Waals surface area contributed by atoms with E-state index >= 15 is 0 Å². The first-order chi connectivity index (χ1) is 17.6. The van der Waals surface area contributed by atoms with Crippen LogP contribution in [0.2, 0.25) is 5.02 Å². The first-order valence-corrected chi connectivity index (χ1v) is 13.4. The number of anilines is 1. The molecule has 1 saturated carbocycles. The molecule has 10 heteroatoms. The van der Waals surface area contributed by atoms with E-state index in [-0.39, 0.29) is 22.2 Å². The van der Waals surface area contributed by atoms with E-state index in [0.29, 0.717) is 11.4 Å². The van der Waals surface area contributed by atoms with E-state index in [2.05, 4.69) is 20.6 Å². The number of hydrogen-bond donors (Lipinski definition) is 1. The van der Waals surface area contributed by atoms with Crippen molar-refractivity contribution < 1.29 is 14.0 Å². The van der Waals surface area contributed by atoms with Gasteiger partial charge in [0.1, 0.15) is 10.6 Å². The van der Waals surface area contributed by atoms with Gasteiger partial charge in [0.2, 0.25) is 5.95 Å². The molecule has 0 unspecified atom stereocenters. The lowest BCUT2D eigenvalue weighted by Crippen LogP contribution is -2.29. The summed E-state index contributed by atoms with van der Waals surface area (Å²) in [5, 5.41) is 11.1. The molecule has 37 heavy (non-hydrogen) atoms. The van der Waals surface area contributed by atoms with Gasteiger partial charge in [0.15, 0.2) is 0 Å². The van der Waals surface area contributed by atoms with Crippen LogP contribution in [0.1, 0.15) is 89.4 Å². The van der Waals surface area contributed by atoms with E-state index < -0.39 is 5.95 Å². The molecule has 2 aromatic heterocycles. The number of aromatic nitrogens is 3. The van der Waals surface area contributed by atoms with Crippen molar-refractivity contribution in [1.29, 1.82) is 0 Å². The van der Waals surface area contributed by atoms with Crippen LogP contribution < -0.4 is 10.9 Å². The molecular weight excluding hydrogens is 497 g/mol. The van der Waals surface area contributed by atoms with Gasteiger partial charge in [0.25, 0.3) is 5.56 Å². The highest BCUT2D eigenvalue weighted by Crippen LogP contribution is 2.27. The van der Waals surface area contributed by atoms with Crippen LogP contribution in [0.25, 0.3) is 0 Å². The minimum Gasteiger partial charge on any atom is -0.390 e. The van der Waals surface area contributed by atoms with Crippen molar-refractivity contribution >= 4 is 23.5 Å². The second-order valence-electron chi connectivity index (χ2n) is 10.1. The number of hydrogen-bond acceptors (Lipinski definition) is 7. The zero-order valence-corrected chi connectivity index (χ0v) is 23.5. The standard InChI is InChI=1S/C11H16ClN3O.C11H15FN2O.C5H10O/c1-13-9-7-14-15(11(16)10(9)12)8-5-3-2-4-6-8;1-8-9(5-6-10(12)14-8)7-13-15-11(2,3)4;1-2-4-6-5-3-1/h7-8,13H,2-6H2,1H3;5-7H,1-4H3;1-5H2/b;13-7+;. The third kappa shape index (κ3) is 11.2. The van der Waals surface area contributed by atoms with Crippen LogP contribution in [0.15, 0.2) is 28.3 Å². The fourth-order valence-electron chi connectivity index (χ4n) is 3.81. The second-order valence-corrected chi connectivity index (χ2v) is 10.5. The minimum atomic E-state index is -0.485. The first-order valence-electron chi connectivity index (χ1n) is 13.0. The number of aryl methyl sites for hydroxylation is 1. The Hall–Kier alpha value is -2.52. The van der Waals surface area contributed by atoms with Crippen LogP contribution in [0.3, 0.4) is 0 Å². The van der Waals surface area contributed by atoms with E-state index in [4.69, 9.17) is 21.2 Å². The second kappa shape index (κ2) is 15.7. The highest BCUT2D eigenvalue weighted by molar-refractivity contribution is 6.32. The summed E-state index contributed by atoms with van der Waals surface area (Å²) in [5.74, 6) is -0.485. The zero-order chi connectivity index (χ0) is 27.3. The van der Waals surface area contributed by atoms with Crippen LogP contribution in [-0.2, 0) is 9.57 Å². The summed E-state index contributed by atoms with van der Waals surface area (Å²) < 4.78 is 19.3. The molecule has 206 valence electrons. The van der Waals surface area contributed by atoms with E-state index in [1.54, 1.807) is 30.9 Å². The summed E-state index contributed by atoms with van der Waals surface area (Å²) >= 11 is 5.98. The maximum absolute atomic E-state index is 12.7. The predicted molar refractivity (Wildman–Crippen MR) is 147 cm³/mol. The van der Waals surface area contributed by atoms with Gasteiger partial charge < -0.3 is 14.9 Å². The summed E-state index contributed by atoms with van der Waals surface area (Å²) in [6.45, 7) is 9.43. The van der Waals surface area contributed by atoms with Gasteiger partial charge in [-0.25, -0.2) is 9.67 Å². The molecule has 4 rings (SSSR count). The Bertz CT molecular complexity index is 1030. The molecule has 1 aliphatic carbocycles. The Balaban J connectivity index is 0.000000213. The Morgan fingerprint density at radius 1 is 1.16 bits per heavy atom. The summed E-state index contributed by atoms with van der Waals surface area (Å²) in [4.78, 5) is 20.8. The average molecular weight is 538 g/mol. The van der Waals surface area contributed by atoms with Crippen molar-refractivity contribution in [2.45, 2.75) is 90.7 Å². The molecule has 1 aliphatic heterocycles. The summed E-state index contributed by atoms with van der Waals surface area (Å²) in [6, 6.07) is 3.14. The van der Waals surface area contributed by atoms with E-state index in [1.165, 1.54) is 50.8 Å². The number of ether oxygens (including phenoxy) is 1. The fraction of sp³-hybridized carbons (Fsp3) is 0.630. The Morgan fingerprint density at radius 3 is 2.32 bits per heavy atom. The largest absolute Gasteiger partial charge is 0.390 e. The fourth-order valence-corrected chi connectivity index (χ4v) is 4.04. The average Bonchev–Trinajstić information content (AvgIpc) is 2.89. The molecule has 1 N–H and O–H groups in total. The number of pyridine rings is 1. The van der Waals surface area contributed by atoms with Crippen molar-refractivity contribution in [2.75, 3.05) is 25.6 Å². The molecule has 2 aliphatic rings. The van der Waals surface area contributed by atoms with E-state index in [0.717, 1.165) is 31.6 Å². The van der Waals surface area contributed by atoms with Crippen molar-refractivity contribution in [3.8, 4) is 0 Å². The number of nitrogens with zero attached hydrogens (tertiary/aromatic N) is 4. The van der Waals surface area contributed by atoms with Gasteiger partial charge >= 0.3 is 0 Å². The first kappa shape index (κ1) is 30.7. The van der Waals surface area contributed by atoms with Gasteiger partial charge in [-0.3, -0.25) is 4.79 Å². The lowest BCUT2D eigenvalue weighted by molar-refractivity contribution is 0.00198. The lowest BCUT2D eigenvalue weighted by Gasteiger charge is -2.22. The summed E-state index contributed by atoms with van der Waals surface area (Å²) in [6.07, 6.45) is 12.7. The predicted octanol–water partition coefficient (Wildman–Crippen LogP) is 6.31. The van der Waals surface area contributed by atoms with Crippen LogP contribution in [0.4, 0.5) is 10.1 Å². The van der Waals surface area contributed by atoms with Gasteiger partial charge in [-0.1, -0.05) is 36.0 Å². The van der Waals surface area contributed by atoms with Gasteiger partial charge in [0.05, 0.1) is 24.1 Å². The molecule has 0 amide bonds. The summed E-state index contributed by atoms with van der Waals surface area (Å²) in [5.41, 5.74) is 1.44. The Labute approximate surface area is 224 Å². The smallest absolute Gasteiger partial charge is 0.287 e. The monoisotopic (exact) mass is 537 g/mol. The number of rotatable bonds is 4. The molecule has 0 spiro atoms. The SMILES string of the molecule is C1CCOCC1.CNc1cnn(C2CCCCC2)c(=O)c1Cl.Cc1nc(F)ccc1/C=N/OC(C)(C)C. The number of oxime groups is 1. The molecule has 0 radical (unpaired) electrons. The highest BCUT2D eigenvalue weighted by atomic mass is 35.5. The molecule has 0 aromatic carbocycles. The maximum Gasteiger partial charge on any atom is 0.287 e. The quantitative estimate of drug-likeness (QED) is 0.279. The van der Waals surface area contributed by atoms with Gasteiger partial charge in [-0.05, 0) is 71.9 Å². The van der Waals surface area contributed by atoms with Crippen molar-refractivity contribution in [3.63, 3.8) is 0 Å². The molecule has 2 fully saturated rings. The Kier molecular flexibility index (Phi) is 13.0. The van der Waals surface area contributed by atoms with Crippen LogP contribution in [0, 0.1) is 12.9 Å². The third-order valence-corrected chi connectivity index (χ3v) is 6.19. The molecule has 0 atom stereocenters. The van der Waals surface area contributed by atoms with Crippen molar-refractivity contribution in [3.05, 3.63) is 50.9 Å². The normalized spacial score (nSPS) is 16.3. The van der Waals surface area contributed by atoms with E-state index in [1.807, 2.05) is 20.8 Å². The van der Waals surface area contributed by atoms with Gasteiger partial charge in [0, 0.05) is 31.5 Å². The van der Waals surface area contributed by atoms with Crippen molar-refractivity contribution in [2.24, 2.45) is 5.16 Å². The Morgan fingerprint density at radius 2 is 1.81 bits per heavy atom. The van der Waals surface area contributed by atoms with E-state index in [9.17, 15) is 9.18 Å². The number of halogens is 2. The molecule has 3 heterocycles. The third-order valence-electron chi connectivity index (χ3n) is 5.82.